The van der Waals surface area contributed by atoms with Gasteiger partial charge in [-0.1, -0.05) is 12.1 Å². The van der Waals surface area contributed by atoms with Gasteiger partial charge in [-0.05, 0) is 62.1 Å². The molecular formula is C24H38N4O7S2. The molecule has 11 nitrogen and oxygen atoms in total. The Hall–Kier alpha value is -2.26. The summed E-state index contributed by atoms with van der Waals surface area (Å²) in [4.78, 5) is -0.0526. The fraction of sp³-hybridized carbons (Fsp3) is 0.500. The number of hydrogen-bond acceptors (Lipinski definition) is 9. The number of nitrogens with one attached hydrogen (secondary N) is 2. The van der Waals surface area contributed by atoms with Crippen LogP contribution in [0.25, 0.3) is 0 Å². The third-order valence-electron chi connectivity index (χ3n) is 5.63. The fourth-order valence-electron chi connectivity index (χ4n) is 3.85. The van der Waals surface area contributed by atoms with Gasteiger partial charge in [0.05, 0.1) is 27.4 Å². The third-order valence-corrected chi connectivity index (χ3v) is 7.50. The minimum absolute atomic E-state index is 0.0263. The Balaban J connectivity index is 1.68. The van der Waals surface area contributed by atoms with Crippen molar-refractivity contribution in [2.24, 2.45) is 10.3 Å². The Labute approximate surface area is 220 Å². The Bertz CT molecular complexity index is 1140. The van der Waals surface area contributed by atoms with Gasteiger partial charge in [-0.2, -0.15) is 0 Å². The van der Waals surface area contributed by atoms with Gasteiger partial charge < -0.3 is 24.8 Å². The van der Waals surface area contributed by atoms with Crippen molar-refractivity contribution in [1.29, 1.82) is 0 Å². The van der Waals surface area contributed by atoms with Crippen molar-refractivity contribution in [3.8, 4) is 11.5 Å². The van der Waals surface area contributed by atoms with E-state index in [1.807, 2.05) is 26.0 Å². The molecule has 0 aliphatic carbocycles. The molecule has 0 aromatic heterocycles. The van der Waals surface area contributed by atoms with Crippen LogP contribution in [0.15, 0.2) is 46.2 Å². The molecule has 0 radical (unpaired) electrons. The van der Waals surface area contributed by atoms with E-state index in [1.165, 1.54) is 26.4 Å². The van der Waals surface area contributed by atoms with Gasteiger partial charge in [0.2, 0.25) is 20.0 Å². The smallest absolute Gasteiger partial charge is 0.241 e. The lowest BCUT2D eigenvalue weighted by molar-refractivity contribution is 0.134. The second kappa shape index (κ2) is 14.0. The first-order valence-electron chi connectivity index (χ1n) is 11.8. The van der Waals surface area contributed by atoms with Gasteiger partial charge in [0.1, 0.15) is 21.3 Å². The van der Waals surface area contributed by atoms with Crippen LogP contribution in [0, 0.1) is 0 Å². The van der Waals surface area contributed by atoms with Crippen molar-refractivity contribution in [2.75, 3.05) is 40.5 Å². The summed E-state index contributed by atoms with van der Waals surface area (Å²) >= 11 is 0. The second-order valence-electron chi connectivity index (χ2n) is 8.79. The molecule has 0 fully saturated rings. The topological polar surface area (TPSA) is 172 Å². The second-order valence-corrected chi connectivity index (χ2v) is 11.9. The molecule has 2 unspecified atom stereocenters. The summed E-state index contributed by atoms with van der Waals surface area (Å²) in [6, 6.07) is 10.1. The molecule has 208 valence electrons. The van der Waals surface area contributed by atoms with Crippen molar-refractivity contribution >= 4 is 20.0 Å². The number of benzene rings is 2. The lowest BCUT2D eigenvalue weighted by atomic mass is 10.1. The molecule has 2 rings (SSSR count). The Morgan fingerprint density at radius 2 is 1.11 bits per heavy atom. The van der Waals surface area contributed by atoms with Gasteiger partial charge in [-0.3, -0.25) is 0 Å². The first-order valence-corrected chi connectivity index (χ1v) is 14.9. The monoisotopic (exact) mass is 558 g/mol. The maximum Gasteiger partial charge on any atom is 0.241 e. The van der Waals surface area contributed by atoms with Gasteiger partial charge in [0.15, 0.2) is 0 Å². The predicted octanol–water partition coefficient (Wildman–Crippen LogP) is 0.757. The SMILES string of the molecule is COc1ccc(CC(C)NCCOCCNC(C)Cc2ccc(OC)c(S(N)(=O)=O)c2)cc1S(N)(=O)=O. The summed E-state index contributed by atoms with van der Waals surface area (Å²) in [5.41, 5.74) is 1.66. The Morgan fingerprint density at radius 3 is 1.43 bits per heavy atom. The van der Waals surface area contributed by atoms with Crippen LogP contribution in [-0.4, -0.2) is 69.4 Å². The van der Waals surface area contributed by atoms with Crippen LogP contribution in [0.2, 0.25) is 0 Å². The molecule has 0 saturated heterocycles. The molecule has 2 aromatic carbocycles. The third kappa shape index (κ3) is 10.2. The van der Waals surface area contributed by atoms with Gasteiger partial charge in [-0.15, -0.1) is 0 Å². The summed E-state index contributed by atoms with van der Waals surface area (Å²) in [7, 11) is -4.95. The number of ether oxygens (including phenoxy) is 3. The molecule has 6 N–H and O–H groups in total. The number of methoxy groups -OCH3 is 2. The summed E-state index contributed by atoms with van der Waals surface area (Å²) in [6.07, 6.45) is 1.23. The molecule has 2 aromatic rings. The molecule has 0 bridgehead atoms. The van der Waals surface area contributed by atoms with Crippen molar-refractivity contribution in [3.05, 3.63) is 47.5 Å². The van der Waals surface area contributed by atoms with E-state index in [2.05, 4.69) is 10.6 Å². The average Bonchev–Trinajstić information content (AvgIpc) is 2.82. The number of hydrogen-bond donors (Lipinski definition) is 4. The molecule has 13 heteroatoms. The van der Waals surface area contributed by atoms with E-state index >= 15 is 0 Å². The van der Waals surface area contributed by atoms with Crippen LogP contribution in [0.5, 0.6) is 11.5 Å². The highest BCUT2D eigenvalue weighted by Gasteiger charge is 2.17. The van der Waals surface area contributed by atoms with E-state index < -0.39 is 20.0 Å². The minimum atomic E-state index is -3.87. The lowest BCUT2D eigenvalue weighted by Crippen LogP contribution is -2.33. The Kier molecular flexibility index (Phi) is 11.8. The van der Waals surface area contributed by atoms with Crippen molar-refractivity contribution in [1.82, 2.24) is 10.6 Å². The molecular weight excluding hydrogens is 520 g/mol. The molecule has 0 aliphatic rings. The number of rotatable bonds is 16. The van der Waals surface area contributed by atoms with Gasteiger partial charge >= 0.3 is 0 Å². The molecule has 0 heterocycles. The normalized spacial score (nSPS) is 13.8. The molecule has 37 heavy (non-hydrogen) atoms. The number of primary sulfonamides is 2. The highest BCUT2D eigenvalue weighted by molar-refractivity contribution is 7.89. The van der Waals surface area contributed by atoms with Gasteiger partial charge in [-0.25, -0.2) is 27.1 Å². The molecule has 0 amide bonds. The maximum atomic E-state index is 11.8. The Morgan fingerprint density at radius 1 is 0.730 bits per heavy atom. The summed E-state index contributed by atoms with van der Waals surface area (Å²) in [5, 5.41) is 17.3. The van der Waals surface area contributed by atoms with Crippen LogP contribution in [-0.2, 0) is 37.6 Å². The largest absolute Gasteiger partial charge is 0.495 e. The van der Waals surface area contributed by atoms with Crippen LogP contribution in [0.1, 0.15) is 25.0 Å². The van der Waals surface area contributed by atoms with Crippen LogP contribution in [0.4, 0.5) is 0 Å². The van der Waals surface area contributed by atoms with E-state index in [1.54, 1.807) is 12.1 Å². The predicted molar refractivity (Wildman–Crippen MR) is 142 cm³/mol. The van der Waals surface area contributed by atoms with E-state index in [4.69, 9.17) is 24.5 Å². The number of nitrogens with two attached hydrogens (primary N) is 2. The maximum absolute atomic E-state index is 11.8. The van der Waals surface area contributed by atoms with Crippen molar-refractivity contribution in [3.63, 3.8) is 0 Å². The van der Waals surface area contributed by atoms with E-state index in [-0.39, 0.29) is 33.4 Å². The zero-order chi connectivity index (χ0) is 27.6. The average molecular weight is 559 g/mol. The zero-order valence-corrected chi connectivity index (χ0v) is 23.3. The lowest BCUT2D eigenvalue weighted by Gasteiger charge is -2.17. The quantitative estimate of drug-likeness (QED) is 0.217. The van der Waals surface area contributed by atoms with Gasteiger partial charge in [0, 0.05) is 25.2 Å². The van der Waals surface area contributed by atoms with E-state index in [9.17, 15) is 16.8 Å². The minimum Gasteiger partial charge on any atom is -0.495 e. The fourth-order valence-corrected chi connectivity index (χ4v) is 5.34. The van der Waals surface area contributed by atoms with Crippen molar-refractivity contribution < 1.29 is 31.0 Å². The van der Waals surface area contributed by atoms with Crippen LogP contribution >= 0.6 is 0 Å². The molecule has 0 aliphatic heterocycles. The van der Waals surface area contributed by atoms with Crippen LogP contribution in [0.3, 0.4) is 0 Å². The van der Waals surface area contributed by atoms with E-state index in [0.717, 1.165) is 11.1 Å². The highest BCUT2D eigenvalue weighted by atomic mass is 32.2. The highest BCUT2D eigenvalue weighted by Crippen LogP contribution is 2.25. The first kappa shape index (κ1) is 31.0. The van der Waals surface area contributed by atoms with E-state index in [0.29, 0.717) is 39.1 Å². The first-order chi connectivity index (χ1) is 17.3. The summed E-state index contributed by atoms with van der Waals surface area (Å²) in [5.74, 6) is 0.445. The summed E-state index contributed by atoms with van der Waals surface area (Å²) < 4.78 is 63.0. The molecule has 0 spiro atoms. The summed E-state index contributed by atoms with van der Waals surface area (Å²) in [6.45, 7) is 6.31. The van der Waals surface area contributed by atoms with Gasteiger partial charge in [0.25, 0.3) is 0 Å². The van der Waals surface area contributed by atoms with Crippen LogP contribution < -0.4 is 30.4 Å². The molecule has 0 saturated carbocycles. The standard InChI is InChI=1S/C24H38N4O7S2/c1-17(13-19-5-7-21(33-3)23(15-19)36(25,29)30)27-9-11-35-12-10-28-18(2)14-20-6-8-22(34-4)24(16-20)37(26,31)32/h5-8,15-18,27-28H,9-14H2,1-4H3,(H2,25,29,30)(H2,26,31,32). The molecule has 2 atom stereocenters. The number of sulfonamides is 2. The zero-order valence-electron chi connectivity index (χ0n) is 21.7. The van der Waals surface area contributed by atoms with Crippen molar-refractivity contribution in [2.45, 2.75) is 48.6 Å².